The molecule has 18 heavy (non-hydrogen) atoms. The molecule has 0 aliphatic carbocycles. The molecule has 0 aliphatic heterocycles. The Hall–Kier alpha value is -1.68. The summed E-state index contributed by atoms with van der Waals surface area (Å²) in [5.74, 6) is -0.595. The Labute approximate surface area is 109 Å². The lowest BCUT2D eigenvalue weighted by Crippen LogP contribution is -2.05. The molecule has 0 unspecified atom stereocenters. The first-order valence-corrected chi connectivity index (χ1v) is 5.83. The molecule has 2 rings (SSSR count). The van der Waals surface area contributed by atoms with Crippen LogP contribution in [0.3, 0.4) is 0 Å². The molecular formula is C13H12ClFN2O. The number of carbonyl (C=O) groups excluding carboxylic acids is 1. The number of hydrogen-bond acceptors (Lipinski definition) is 2. The van der Waals surface area contributed by atoms with Crippen molar-refractivity contribution in [2.75, 3.05) is 0 Å². The highest BCUT2D eigenvalue weighted by molar-refractivity contribution is 6.30. The van der Waals surface area contributed by atoms with E-state index in [1.54, 1.807) is 23.9 Å². The average molecular weight is 267 g/mol. The van der Waals surface area contributed by atoms with Gasteiger partial charge < -0.3 is 0 Å². The largest absolute Gasteiger partial charge is 0.292 e. The van der Waals surface area contributed by atoms with Gasteiger partial charge in [-0.3, -0.25) is 9.48 Å². The van der Waals surface area contributed by atoms with Crippen LogP contribution >= 0.6 is 11.6 Å². The molecular weight excluding hydrogens is 255 g/mol. The van der Waals surface area contributed by atoms with Crippen molar-refractivity contribution in [2.24, 2.45) is 7.05 Å². The number of rotatable bonds is 3. The fraction of sp³-hybridized carbons (Fsp3) is 0.231. The maximum absolute atomic E-state index is 13.0. The van der Waals surface area contributed by atoms with Crippen molar-refractivity contribution in [2.45, 2.75) is 13.3 Å². The number of halogens is 2. The van der Waals surface area contributed by atoms with Gasteiger partial charge in [-0.25, -0.2) is 4.39 Å². The van der Waals surface area contributed by atoms with Crippen LogP contribution < -0.4 is 0 Å². The number of nitrogens with zero attached hydrogens (tertiary/aromatic N) is 2. The highest BCUT2D eigenvalue weighted by Crippen LogP contribution is 2.17. The van der Waals surface area contributed by atoms with Crippen LogP contribution in [0.2, 0.25) is 5.02 Å². The number of benzene rings is 1. The molecule has 1 heterocycles. The molecule has 3 nitrogen and oxygen atoms in total. The summed E-state index contributed by atoms with van der Waals surface area (Å²) < 4.78 is 14.6. The standard InChI is InChI=1S/C13H12ClFN2O/c1-8-5-12(16-17(8)2)13(18)7-9-3-4-11(15)10(14)6-9/h3-6H,7H2,1-2H3. The number of carbonyl (C=O) groups is 1. The fourth-order valence-corrected chi connectivity index (χ4v) is 1.83. The Bertz CT molecular complexity index is 588. The normalized spacial score (nSPS) is 10.7. The van der Waals surface area contributed by atoms with Gasteiger partial charge in [0.15, 0.2) is 5.78 Å². The zero-order chi connectivity index (χ0) is 13.3. The number of Topliss-reactive ketones (excluding diaryl/α,β-unsaturated/α-hetero) is 1. The second-order valence-electron chi connectivity index (χ2n) is 4.14. The van der Waals surface area contributed by atoms with Crippen LogP contribution in [0.25, 0.3) is 0 Å². The van der Waals surface area contributed by atoms with Gasteiger partial charge in [0.1, 0.15) is 11.5 Å². The van der Waals surface area contributed by atoms with Crippen molar-refractivity contribution in [3.63, 3.8) is 0 Å². The first-order chi connectivity index (χ1) is 8.47. The van der Waals surface area contributed by atoms with E-state index in [1.807, 2.05) is 6.92 Å². The van der Waals surface area contributed by atoms with Gasteiger partial charge in [0, 0.05) is 19.2 Å². The highest BCUT2D eigenvalue weighted by Gasteiger charge is 2.12. The van der Waals surface area contributed by atoms with Gasteiger partial charge in [-0.15, -0.1) is 0 Å². The summed E-state index contributed by atoms with van der Waals surface area (Å²) in [6.45, 7) is 1.87. The van der Waals surface area contributed by atoms with E-state index in [1.165, 1.54) is 12.1 Å². The Kier molecular flexibility index (Phi) is 3.48. The summed E-state index contributed by atoms with van der Waals surface area (Å²) in [5.41, 5.74) is 2.00. The van der Waals surface area contributed by atoms with E-state index in [9.17, 15) is 9.18 Å². The van der Waals surface area contributed by atoms with Crippen molar-refractivity contribution in [1.29, 1.82) is 0 Å². The van der Waals surface area contributed by atoms with Crippen molar-refractivity contribution in [3.8, 4) is 0 Å². The maximum atomic E-state index is 13.0. The molecule has 0 saturated heterocycles. The molecule has 0 radical (unpaired) electrons. The van der Waals surface area contributed by atoms with Crippen LogP contribution in [0.1, 0.15) is 21.7 Å². The molecule has 0 bridgehead atoms. The van der Waals surface area contributed by atoms with Crippen LogP contribution in [-0.4, -0.2) is 15.6 Å². The molecule has 0 spiro atoms. The van der Waals surface area contributed by atoms with Crippen molar-refractivity contribution < 1.29 is 9.18 Å². The van der Waals surface area contributed by atoms with E-state index in [0.29, 0.717) is 11.3 Å². The zero-order valence-corrected chi connectivity index (χ0v) is 10.8. The molecule has 0 N–H and O–H groups in total. The quantitative estimate of drug-likeness (QED) is 0.801. The lowest BCUT2D eigenvalue weighted by molar-refractivity contribution is 0.0987. The zero-order valence-electron chi connectivity index (χ0n) is 10.1. The first-order valence-electron chi connectivity index (χ1n) is 5.45. The smallest absolute Gasteiger partial charge is 0.187 e. The van der Waals surface area contributed by atoms with Gasteiger partial charge >= 0.3 is 0 Å². The predicted molar refractivity (Wildman–Crippen MR) is 67.4 cm³/mol. The molecule has 0 aliphatic rings. The minimum Gasteiger partial charge on any atom is -0.292 e. The molecule has 0 saturated carbocycles. The monoisotopic (exact) mass is 266 g/mol. The second kappa shape index (κ2) is 4.90. The van der Waals surface area contributed by atoms with Gasteiger partial charge in [-0.2, -0.15) is 5.10 Å². The van der Waals surface area contributed by atoms with E-state index in [0.717, 1.165) is 5.69 Å². The average Bonchev–Trinajstić information content (AvgIpc) is 2.65. The van der Waals surface area contributed by atoms with E-state index in [4.69, 9.17) is 11.6 Å². The molecule has 1 aromatic carbocycles. The molecule has 0 fully saturated rings. The van der Waals surface area contributed by atoms with Crippen LogP contribution in [0.4, 0.5) is 4.39 Å². The third-order valence-electron chi connectivity index (χ3n) is 2.75. The van der Waals surface area contributed by atoms with E-state index < -0.39 is 5.82 Å². The lowest BCUT2D eigenvalue weighted by Gasteiger charge is -2.00. The third-order valence-corrected chi connectivity index (χ3v) is 3.04. The second-order valence-corrected chi connectivity index (χ2v) is 4.55. The molecule has 1 aromatic heterocycles. The van der Waals surface area contributed by atoms with E-state index in [-0.39, 0.29) is 17.2 Å². The summed E-state index contributed by atoms with van der Waals surface area (Å²) in [6, 6.07) is 6.00. The summed E-state index contributed by atoms with van der Waals surface area (Å²) in [5, 5.41) is 4.13. The van der Waals surface area contributed by atoms with E-state index in [2.05, 4.69) is 5.10 Å². The summed E-state index contributed by atoms with van der Waals surface area (Å²) in [4.78, 5) is 12.0. The van der Waals surface area contributed by atoms with Crippen LogP contribution in [0, 0.1) is 12.7 Å². The number of hydrogen-bond donors (Lipinski definition) is 0. The van der Waals surface area contributed by atoms with E-state index >= 15 is 0 Å². The highest BCUT2D eigenvalue weighted by atomic mass is 35.5. The number of aryl methyl sites for hydroxylation is 2. The van der Waals surface area contributed by atoms with Crippen LogP contribution in [0.15, 0.2) is 24.3 Å². The summed E-state index contributed by atoms with van der Waals surface area (Å²) >= 11 is 5.67. The lowest BCUT2D eigenvalue weighted by atomic mass is 10.1. The summed E-state index contributed by atoms with van der Waals surface area (Å²) in [6.07, 6.45) is 0.163. The van der Waals surface area contributed by atoms with Gasteiger partial charge in [0.2, 0.25) is 0 Å². The van der Waals surface area contributed by atoms with Gasteiger partial charge in [-0.05, 0) is 30.7 Å². The number of ketones is 1. The van der Waals surface area contributed by atoms with Crippen LogP contribution in [0.5, 0.6) is 0 Å². The minimum absolute atomic E-state index is 0.0255. The number of aromatic nitrogens is 2. The minimum atomic E-state index is -0.485. The first kappa shape index (κ1) is 12.8. The Balaban J connectivity index is 2.18. The molecule has 0 amide bonds. The topological polar surface area (TPSA) is 34.9 Å². The van der Waals surface area contributed by atoms with Crippen molar-refractivity contribution >= 4 is 17.4 Å². The molecule has 94 valence electrons. The Morgan fingerprint density at radius 1 is 1.44 bits per heavy atom. The molecule has 0 atom stereocenters. The summed E-state index contributed by atoms with van der Waals surface area (Å²) in [7, 11) is 1.78. The molecule has 5 heteroatoms. The molecule has 2 aromatic rings. The van der Waals surface area contributed by atoms with Crippen molar-refractivity contribution in [1.82, 2.24) is 9.78 Å². The fourth-order valence-electron chi connectivity index (χ4n) is 1.62. The predicted octanol–water partition coefficient (Wildman–Crippen LogP) is 2.95. The van der Waals surface area contributed by atoms with Crippen LogP contribution in [-0.2, 0) is 13.5 Å². The Morgan fingerprint density at radius 2 is 2.17 bits per heavy atom. The SMILES string of the molecule is Cc1cc(C(=O)Cc2ccc(F)c(Cl)c2)nn1C. The maximum Gasteiger partial charge on any atom is 0.187 e. The van der Waals surface area contributed by atoms with Crippen molar-refractivity contribution in [3.05, 3.63) is 52.1 Å². The Morgan fingerprint density at radius 3 is 2.72 bits per heavy atom. The van der Waals surface area contributed by atoms with Gasteiger partial charge in [0.25, 0.3) is 0 Å². The van der Waals surface area contributed by atoms with Gasteiger partial charge in [-0.1, -0.05) is 17.7 Å². The third kappa shape index (κ3) is 2.59. The van der Waals surface area contributed by atoms with Gasteiger partial charge in [0.05, 0.1) is 5.02 Å².